The highest BCUT2D eigenvalue weighted by Gasteiger charge is 2.12. The zero-order valence-corrected chi connectivity index (χ0v) is 11.9. The predicted molar refractivity (Wildman–Crippen MR) is 73.7 cm³/mol. The van der Waals surface area contributed by atoms with E-state index in [1.165, 1.54) is 11.3 Å². The number of thiophene rings is 1. The van der Waals surface area contributed by atoms with Gasteiger partial charge in [-0.25, -0.2) is 4.79 Å². The summed E-state index contributed by atoms with van der Waals surface area (Å²) < 4.78 is 0.766. The van der Waals surface area contributed by atoms with Gasteiger partial charge < -0.3 is 10.2 Å². The molecule has 1 N–H and O–H groups in total. The monoisotopic (exact) mass is 274 g/mol. The fraction of sp³-hybridized carbons (Fsp3) is 0.583. The molecule has 0 aliphatic heterocycles. The Kier molecular flexibility index (Phi) is 6.37. The number of nitrogens with one attached hydrogen (secondary N) is 1. The summed E-state index contributed by atoms with van der Waals surface area (Å²) in [5.74, 6) is 0. The number of halogens is 1. The van der Waals surface area contributed by atoms with Crippen molar-refractivity contribution >= 4 is 29.0 Å². The Labute approximate surface area is 112 Å². The summed E-state index contributed by atoms with van der Waals surface area (Å²) >= 11 is 7.39. The Morgan fingerprint density at radius 3 is 2.76 bits per heavy atom. The quantitative estimate of drug-likeness (QED) is 0.788. The molecule has 0 radical (unpaired) electrons. The summed E-state index contributed by atoms with van der Waals surface area (Å²) in [4.78, 5) is 14.7. The maximum atomic E-state index is 11.8. The molecule has 0 unspecified atom stereocenters. The number of amides is 2. The van der Waals surface area contributed by atoms with Gasteiger partial charge in [-0.2, -0.15) is 0 Å². The summed E-state index contributed by atoms with van der Waals surface area (Å²) in [7, 11) is 0. The highest BCUT2D eigenvalue weighted by atomic mass is 35.5. The van der Waals surface area contributed by atoms with Crippen LogP contribution < -0.4 is 5.32 Å². The normalized spacial score (nSPS) is 10.3. The fourth-order valence-electron chi connectivity index (χ4n) is 1.44. The summed E-state index contributed by atoms with van der Waals surface area (Å²) in [6.07, 6.45) is 2.11. The van der Waals surface area contributed by atoms with Crippen LogP contribution in [0.5, 0.6) is 0 Å². The molecule has 1 aromatic rings. The molecule has 0 aliphatic rings. The van der Waals surface area contributed by atoms with Crippen molar-refractivity contribution in [1.29, 1.82) is 0 Å². The molecule has 0 aliphatic carbocycles. The molecule has 2 amide bonds. The van der Waals surface area contributed by atoms with Crippen LogP contribution in [0.25, 0.3) is 0 Å². The largest absolute Gasteiger partial charge is 0.338 e. The zero-order valence-electron chi connectivity index (χ0n) is 10.3. The third kappa shape index (κ3) is 4.96. The molecule has 0 bridgehead atoms. The van der Waals surface area contributed by atoms with E-state index >= 15 is 0 Å². The van der Waals surface area contributed by atoms with E-state index in [0.717, 1.165) is 28.6 Å². The van der Waals surface area contributed by atoms with Crippen LogP contribution in [0.4, 0.5) is 4.79 Å². The third-order valence-electron chi connectivity index (χ3n) is 2.45. The second-order valence-corrected chi connectivity index (χ2v) is 5.61. The fourth-order valence-corrected chi connectivity index (χ4v) is 2.54. The van der Waals surface area contributed by atoms with Crippen LogP contribution in [0.15, 0.2) is 12.1 Å². The topological polar surface area (TPSA) is 32.3 Å². The molecule has 0 fully saturated rings. The zero-order chi connectivity index (χ0) is 12.7. The van der Waals surface area contributed by atoms with Crippen LogP contribution in [-0.2, 0) is 6.54 Å². The van der Waals surface area contributed by atoms with Crippen molar-refractivity contribution in [2.45, 2.75) is 33.2 Å². The number of carbonyl (C=O) groups is 1. The number of unbranched alkanes of at least 4 members (excludes halogenated alkanes) is 1. The van der Waals surface area contributed by atoms with E-state index in [9.17, 15) is 4.79 Å². The van der Waals surface area contributed by atoms with Gasteiger partial charge in [-0.15, -0.1) is 11.3 Å². The average Bonchev–Trinajstić information content (AvgIpc) is 2.72. The first-order valence-corrected chi connectivity index (χ1v) is 7.13. The van der Waals surface area contributed by atoms with Crippen molar-refractivity contribution in [1.82, 2.24) is 10.2 Å². The van der Waals surface area contributed by atoms with Gasteiger partial charge in [-0.05, 0) is 25.5 Å². The van der Waals surface area contributed by atoms with Crippen LogP contribution in [0.1, 0.15) is 31.6 Å². The minimum Gasteiger partial charge on any atom is -0.338 e. The van der Waals surface area contributed by atoms with Crippen molar-refractivity contribution in [3.05, 3.63) is 21.3 Å². The van der Waals surface area contributed by atoms with Crippen LogP contribution in [-0.4, -0.2) is 24.0 Å². The molecule has 1 heterocycles. The van der Waals surface area contributed by atoms with Gasteiger partial charge in [0.1, 0.15) is 0 Å². The molecular weight excluding hydrogens is 256 g/mol. The number of urea groups is 1. The van der Waals surface area contributed by atoms with Crippen LogP contribution in [0, 0.1) is 0 Å². The smallest absolute Gasteiger partial charge is 0.317 e. The molecule has 5 heteroatoms. The minimum absolute atomic E-state index is 0.00507. The highest BCUT2D eigenvalue weighted by Crippen LogP contribution is 2.22. The van der Waals surface area contributed by atoms with Crippen molar-refractivity contribution in [3.8, 4) is 0 Å². The maximum absolute atomic E-state index is 11.8. The summed E-state index contributed by atoms with van der Waals surface area (Å²) in [6.45, 7) is 6.17. The Morgan fingerprint density at radius 2 is 2.24 bits per heavy atom. The van der Waals surface area contributed by atoms with Crippen molar-refractivity contribution in [3.63, 3.8) is 0 Å². The van der Waals surface area contributed by atoms with E-state index in [-0.39, 0.29) is 6.03 Å². The van der Waals surface area contributed by atoms with Gasteiger partial charge in [0.2, 0.25) is 0 Å². The molecule has 0 atom stereocenters. The standard InChI is InChI=1S/C12H19ClN2OS/c1-3-5-8-14-12(16)15(4-2)9-10-6-7-11(13)17-10/h6-7H,3-5,8-9H2,1-2H3,(H,14,16). The molecule has 1 aromatic heterocycles. The van der Waals surface area contributed by atoms with E-state index in [2.05, 4.69) is 12.2 Å². The van der Waals surface area contributed by atoms with Crippen LogP contribution >= 0.6 is 22.9 Å². The molecule has 17 heavy (non-hydrogen) atoms. The molecule has 3 nitrogen and oxygen atoms in total. The Bertz CT molecular complexity index is 354. The first-order valence-electron chi connectivity index (χ1n) is 5.94. The lowest BCUT2D eigenvalue weighted by molar-refractivity contribution is 0.198. The number of rotatable bonds is 6. The molecular formula is C12H19ClN2OS. The lowest BCUT2D eigenvalue weighted by Gasteiger charge is -2.20. The number of nitrogens with zero attached hydrogens (tertiary/aromatic N) is 1. The minimum atomic E-state index is 0.00507. The molecule has 1 rings (SSSR count). The lowest BCUT2D eigenvalue weighted by Crippen LogP contribution is -2.39. The first kappa shape index (κ1) is 14.3. The van der Waals surface area contributed by atoms with Gasteiger partial charge in [0, 0.05) is 18.0 Å². The second-order valence-electron chi connectivity index (χ2n) is 3.81. The summed E-state index contributed by atoms with van der Waals surface area (Å²) in [6, 6.07) is 3.84. The van der Waals surface area contributed by atoms with Gasteiger partial charge in [0.05, 0.1) is 10.9 Å². The lowest BCUT2D eigenvalue weighted by atomic mass is 10.3. The van der Waals surface area contributed by atoms with Gasteiger partial charge in [0.25, 0.3) is 0 Å². The first-order chi connectivity index (χ1) is 8.17. The SMILES string of the molecule is CCCCNC(=O)N(CC)Cc1ccc(Cl)s1. The maximum Gasteiger partial charge on any atom is 0.317 e. The molecule has 0 aromatic carbocycles. The van der Waals surface area contributed by atoms with Crippen molar-refractivity contribution in [2.75, 3.05) is 13.1 Å². The molecule has 0 spiro atoms. The van der Waals surface area contributed by atoms with Gasteiger partial charge in [0.15, 0.2) is 0 Å². The van der Waals surface area contributed by atoms with Crippen molar-refractivity contribution < 1.29 is 4.79 Å². The summed E-state index contributed by atoms with van der Waals surface area (Å²) in [5.41, 5.74) is 0. The number of hydrogen-bond acceptors (Lipinski definition) is 2. The average molecular weight is 275 g/mol. The molecule has 0 saturated carbocycles. The highest BCUT2D eigenvalue weighted by molar-refractivity contribution is 7.16. The number of carbonyl (C=O) groups excluding carboxylic acids is 1. The van der Waals surface area contributed by atoms with Gasteiger partial charge >= 0.3 is 6.03 Å². The second kappa shape index (κ2) is 7.56. The Balaban J connectivity index is 2.44. The summed E-state index contributed by atoms with van der Waals surface area (Å²) in [5, 5.41) is 2.92. The van der Waals surface area contributed by atoms with Crippen LogP contribution in [0.3, 0.4) is 0 Å². The van der Waals surface area contributed by atoms with E-state index < -0.39 is 0 Å². The predicted octanol–water partition coefficient (Wildman–Crippen LogP) is 3.73. The Hall–Kier alpha value is -0.740. The number of hydrogen-bond donors (Lipinski definition) is 1. The van der Waals surface area contributed by atoms with E-state index in [0.29, 0.717) is 13.1 Å². The van der Waals surface area contributed by atoms with Crippen LogP contribution in [0.2, 0.25) is 4.34 Å². The van der Waals surface area contributed by atoms with Crippen molar-refractivity contribution in [2.24, 2.45) is 0 Å². The van der Waals surface area contributed by atoms with Gasteiger partial charge in [-0.3, -0.25) is 0 Å². The van der Waals surface area contributed by atoms with Gasteiger partial charge in [-0.1, -0.05) is 24.9 Å². The molecule has 96 valence electrons. The van der Waals surface area contributed by atoms with E-state index in [1.807, 2.05) is 19.1 Å². The van der Waals surface area contributed by atoms with E-state index in [1.54, 1.807) is 4.90 Å². The Morgan fingerprint density at radius 1 is 1.47 bits per heavy atom. The molecule has 0 saturated heterocycles. The van der Waals surface area contributed by atoms with E-state index in [4.69, 9.17) is 11.6 Å². The third-order valence-corrected chi connectivity index (χ3v) is 3.67.